The Morgan fingerprint density at radius 1 is 1.30 bits per heavy atom. The largest absolute Gasteiger partial charge is 0.508 e. The molecule has 2 aromatic rings. The average molecular weight is 274 g/mol. The molecule has 0 spiro atoms. The Morgan fingerprint density at radius 2 is 2.00 bits per heavy atom. The maximum atomic E-state index is 14.1. The number of aromatic hydroxyl groups is 1. The van der Waals surface area contributed by atoms with Gasteiger partial charge in [0.25, 0.3) is 0 Å². The molecule has 0 bridgehead atoms. The second kappa shape index (κ2) is 5.74. The lowest BCUT2D eigenvalue weighted by atomic mass is 10.1. The summed E-state index contributed by atoms with van der Waals surface area (Å²) in [5, 5.41) is 9.53. The molecule has 0 heterocycles. The Hall–Kier alpha value is -2.36. The van der Waals surface area contributed by atoms with Gasteiger partial charge < -0.3 is 9.84 Å². The molecule has 0 radical (unpaired) electrons. The molecule has 3 nitrogen and oxygen atoms in total. The highest BCUT2D eigenvalue weighted by Gasteiger charge is 2.14. The van der Waals surface area contributed by atoms with Gasteiger partial charge in [-0.15, -0.1) is 0 Å². The number of phenols is 1. The predicted molar refractivity (Wildman–Crippen MR) is 73.7 cm³/mol. The van der Waals surface area contributed by atoms with Crippen LogP contribution in [0.5, 0.6) is 11.5 Å². The van der Waals surface area contributed by atoms with Crippen LogP contribution < -0.4 is 4.74 Å². The first-order valence-corrected chi connectivity index (χ1v) is 6.19. The van der Waals surface area contributed by atoms with Crippen molar-refractivity contribution in [1.29, 1.82) is 0 Å². The molecule has 0 saturated heterocycles. The lowest BCUT2D eigenvalue weighted by molar-refractivity contribution is 0.112. The first-order chi connectivity index (χ1) is 9.54. The van der Waals surface area contributed by atoms with E-state index in [0.29, 0.717) is 16.7 Å². The number of ether oxygens (including phenoxy) is 1. The van der Waals surface area contributed by atoms with Gasteiger partial charge in [-0.3, -0.25) is 4.79 Å². The molecule has 4 heteroatoms. The van der Waals surface area contributed by atoms with Crippen molar-refractivity contribution in [1.82, 2.24) is 0 Å². The third kappa shape index (κ3) is 2.64. The van der Waals surface area contributed by atoms with Gasteiger partial charge in [-0.05, 0) is 31.0 Å². The maximum Gasteiger partial charge on any atom is 0.171 e. The molecule has 104 valence electrons. The normalized spacial score (nSPS) is 10.3. The number of hydrogen-bond donors (Lipinski definition) is 1. The summed E-state index contributed by atoms with van der Waals surface area (Å²) >= 11 is 0. The lowest BCUT2D eigenvalue weighted by Gasteiger charge is -2.13. The van der Waals surface area contributed by atoms with Crippen LogP contribution in [0.25, 0.3) is 0 Å². The minimum atomic E-state index is -0.578. The van der Waals surface area contributed by atoms with Crippen molar-refractivity contribution in [2.45, 2.75) is 20.5 Å². The Labute approximate surface area is 116 Å². The summed E-state index contributed by atoms with van der Waals surface area (Å²) in [4.78, 5) is 10.9. The zero-order valence-electron chi connectivity index (χ0n) is 11.3. The van der Waals surface area contributed by atoms with E-state index < -0.39 is 5.82 Å². The molecule has 0 atom stereocenters. The van der Waals surface area contributed by atoms with Gasteiger partial charge >= 0.3 is 0 Å². The number of carbonyl (C=O) groups is 1. The molecule has 0 saturated carbocycles. The monoisotopic (exact) mass is 274 g/mol. The topological polar surface area (TPSA) is 46.5 Å². The van der Waals surface area contributed by atoms with E-state index in [1.807, 2.05) is 0 Å². The van der Waals surface area contributed by atoms with Crippen molar-refractivity contribution in [3.05, 3.63) is 58.4 Å². The van der Waals surface area contributed by atoms with E-state index in [1.54, 1.807) is 31.2 Å². The van der Waals surface area contributed by atoms with Crippen molar-refractivity contribution in [3.63, 3.8) is 0 Å². The van der Waals surface area contributed by atoms with Crippen LogP contribution in [-0.4, -0.2) is 11.4 Å². The summed E-state index contributed by atoms with van der Waals surface area (Å²) in [5.41, 5.74) is 1.86. The Morgan fingerprint density at radius 3 is 2.70 bits per heavy atom. The molecule has 0 aliphatic rings. The second-order valence-corrected chi connectivity index (χ2v) is 4.59. The summed E-state index contributed by atoms with van der Waals surface area (Å²) in [5.74, 6) is -0.576. The van der Waals surface area contributed by atoms with Crippen LogP contribution in [-0.2, 0) is 6.61 Å². The molecule has 1 N–H and O–H groups in total. The van der Waals surface area contributed by atoms with Crippen LogP contribution in [0.3, 0.4) is 0 Å². The van der Waals surface area contributed by atoms with Gasteiger partial charge in [0.1, 0.15) is 18.6 Å². The fraction of sp³-hybridized carbons (Fsp3) is 0.188. The number of phenolic OH excluding ortho intramolecular Hbond substituents is 1. The summed E-state index contributed by atoms with van der Waals surface area (Å²) in [6.45, 7) is 3.23. The third-order valence-electron chi connectivity index (χ3n) is 3.18. The van der Waals surface area contributed by atoms with Crippen LogP contribution in [0, 0.1) is 19.7 Å². The van der Waals surface area contributed by atoms with Gasteiger partial charge in [0.15, 0.2) is 11.6 Å². The predicted octanol–water partition coefficient (Wildman–Crippen LogP) is 3.54. The number of benzene rings is 2. The van der Waals surface area contributed by atoms with E-state index in [2.05, 4.69) is 0 Å². The van der Waals surface area contributed by atoms with Crippen LogP contribution in [0.2, 0.25) is 0 Å². The van der Waals surface area contributed by atoms with Crippen molar-refractivity contribution >= 4 is 6.29 Å². The smallest absolute Gasteiger partial charge is 0.171 e. The number of hydrogen-bond acceptors (Lipinski definition) is 3. The maximum absolute atomic E-state index is 14.1. The van der Waals surface area contributed by atoms with Gasteiger partial charge in [0.2, 0.25) is 0 Å². The van der Waals surface area contributed by atoms with E-state index in [4.69, 9.17) is 4.74 Å². The Balaban J connectivity index is 2.28. The molecule has 20 heavy (non-hydrogen) atoms. The fourth-order valence-corrected chi connectivity index (χ4v) is 1.94. The highest BCUT2D eigenvalue weighted by Crippen LogP contribution is 2.32. The number of rotatable bonds is 4. The van der Waals surface area contributed by atoms with E-state index in [1.165, 1.54) is 13.0 Å². The molecule has 0 aliphatic carbocycles. The number of aldehydes is 1. The zero-order valence-corrected chi connectivity index (χ0v) is 11.3. The molecule has 0 aliphatic heterocycles. The molecular weight excluding hydrogens is 259 g/mol. The lowest BCUT2D eigenvalue weighted by Crippen LogP contribution is -2.03. The van der Waals surface area contributed by atoms with Crippen LogP contribution in [0.15, 0.2) is 30.3 Å². The molecule has 2 aromatic carbocycles. The Bertz CT molecular complexity index is 650. The van der Waals surface area contributed by atoms with E-state index >= 15 is 0 Å². The van der Waals surface area contributed by atoms with Gasteiger partial charge in [-0.2, -0.15) is 0 Å². The summed E-state index contributed by atoms with van der Waals surface area (Å²) in [7, 11) is 0. The summed E-state index contributed by atoms with van der Waals surface area (Å²) in [6, 6.07) is 8.43. The van der Waals surface area contributed by atoms with Crippen LogP contribution in [0.1, 0.15) is 27.0 Å². The SMILES string of the molecule is Cc1cc(O)c(C)c(F)c1OCc1ccccc1C=O. The van der Waals surface area contributed by atoms with E-state index in [-0.39, 0.29) is 23.7 Å². The fourth-order valence-electron chi connectivity index (χ4n) is 1.94. The molecule has 2 rings (SSSR count). The quantitative estimate of drug-likeness (QED) is 0.867. The zero-order chi connectivity index (χ0) is 14.7. The molecule has 0 fully saturated rings. The van der Waals surface area contributed by atoms with Gasteiger partial charge in [0.05, 0.1) is 0 Å². The van der Waals surface area contributed by atoms with Crippen molar-refractivity contribution in [2.75, 3.05) is 0 Å². The van der Waals surface area contributed by atoms with E-state index in [9.17, 15) is 14.3 Å². The second-order valence-electron chi connectivity index (χ2n) is 4.59. The van der Waals surface area contributed by atoms with Crippen LogP contribution in [0.4, 0.5) is 4.39 Å². The van der Waals surface area contributed by atoms with Crippen molar-refractivity contribution in [2.24, 2.45) is 0 Å². The highest BCUT2D eigenvalue weighted by atomic mass is 19.1. The first-order valence-electron chi connectivity index (χ1n) is 6.19. The molecule has 0 unspecified atom stereocenters. The molecule has 0 aromatic heterocycles. The summed E-state index contributed by atoms with van der Waals surface area (Å²) in [6.07, 6.45) is 0.740. The third-order valence-corrected chi connectivity index (χ3v) is 3.18. The number of halogens is 1. The first kappa shape index (κ1) is 14.1. The number of aryl methyl sites for hydroxylation is 1. The number of carbonyl (C=O) groups excluding carboxylic acids is 1. The van der Waals surface area contributed by atoms with Crippen molar-refractivity contribution < 1.29 is 19.0 Å². The van der Waals surface area contributed by atoms with Gasteiger partial charge in [-0.25, -0.2) is 4.39 Å². The van der Waals surface area contributed by atoms with E-state index in [0.717, 1.165) is 6.29 Å². The van der Waals surface area contributed by atoms with Gasteiger partial charge in [0, 0.05) is 11.1 Å². The minimum absolute atomic E-state index is 0.0941. The Kier molecular flexibility index (Phi) is 4.03. The van der Waals surface area contributed by atoms with Gasteiger partial charge in [-0.1, -0.05) is 24.3 Å². The van der Waals surface area contributed by atoms with Crippen LogP contribution >= 0.6 is 0 Å². The molecule has 0 amide bonds. The standard InChI is InChI=1S/C16H15FO3/c1-10-7-14(19)11(2)15(17)16(10)20-9-13-6-4-3-5-12(13)8-18/h3-8,19H,9H2,1-2H3. The highest BCUT2D eigenvalue weighted by molar-refractivity contribution is 5.77. The minimum Gasteiger partial charge on any atom is -0.508 e. The molecular formula is C16H15FO3. The van der Waals surface area contributed by atoms with Crippen molar-refractivity contribution in [3.8, 4) is 11.5 Å². The summed E-state index contributed by atoms with van der Waals surface area (Å²) < 4.78 is 19.5. The average Bonchev–Trinajstić information content (AvgIpc) is 2.45.